The topological polar surface area (TPSA) is 91.8 Å². The zero-order chi connectivity index (χ0) is 20.5. The number of halogens is 1. The second-order valence-corrected chi connectivity index (χ2v) is 6.14. The molecule has 8 heteroatoms. The molecule has 0 saturated carbocycles. The zero-order valence-corrected chi connectivity index (χ0v) is 15.4. The molecule has 29 heavy (non-hydrogen) atoms. The van der Waals surface area contributed by atoms with E-state index in [-0.39, 0.29) is 39.7 Å². The van der Waals surface area contributed by atoms with E-state index in [1.807, 2.05) is 0 Å². The molecular formula is C21H14FNO6. The first-order valence-corrected chi connectivity index (χ1v) is 8.53. The summed E-state index contributed by atoms with van der Waals surface area (Å²) in [6.07, 6.45) is 0. The second-order valence-electron chi connectivity index (χ2n) is 6.14. The number of esters is 1. The molecule has 0 spiro atoms. The van der Waals surface area contributed by atoms with Gasteiger partial charge < -0.3 is 18.4 Å². The quantitative estimate of drug-likeness (QED) is 0.291. The average Bonchev–Trinajstić information content (AvgIpc) is 3.09. The SMILES string of the molecule is COc1cc2ccc(=O)oc2cc1OC(=O)c1c(C)noc1-c1ccccc1F. The van der Waals surface area contributed by atoms with Crippen LogP contribution >= 0.6 is 0 Å². The summed E-state index contributed by atoms with van der Waals surface area (Å²) in [5.74, 6) is -1.15. The molecule has 0 saturated heterocycles. The Hall–Kier alpha value is -3.94. The lowest BCUT2D eigenvalue weighted by molar-refractivity contribution is 0.0729. The number of carbonyl (C=O) groups is 1. The molecular weight excluding hydrogens is 381 g/mol. The summed E-state index contributed by atoms with van der Waals surface area (Å²) in [6, 6.07) is 11.6. The Bertz CT molecular complexity index is 1290. The van der Waals surface area contributed by atoms with Crippen molar-refractivity contribution in [2.75, 3.05) is 7.11 Å². The molecule has 0 aliphatic rings. The highest BCUT2D eigenvalue weighted by molar-refractivity contribution is 5.98. The zero-order valence-electron chi connectivity index (χ0n) is 15.4. The Morgan fingerprint density at radius 2 is 1.90 bits per heavy atom. The minimum Gasteiger partial charge on any atom is -0.493 e. The number of aryl methyl sites for hydroxylation is 1. The molecule has 0 unspecified atom stereocenters. The molecule has 2 aromatic heterocycles. The van der Waals surface area contributed by atoms with Crippen LogP contribution in [0.1, 0.15) is 16.1 Å². The summed E-state index contributed by atoms with van der Waals surface area (Å²) >= 11 is 0. The van der Waals surface area contributed by atoms with E-state index in [4.69, 9.17) is 18.4 Å². The van der Waals surface area contributed by atoms with Crippen molar-refractivity contribution in [1.82, 2.24) is 5.16 Å². The van der Waals surface area contributed by atoms with Gasteiger partial charge in [0.25, 0.3) is 0 Å². The average molecular weight is 395 g/mol. The first-order valence-electron chi connectivity index (χ1n) is 8.53. The van der Waals surface area contributed by atoms with E-state index in [1.165, 1.54) is 37.4 Å². The first-order chi connectivity index (χ1) is 14.0. The smallest absolute Gasteiger partial charge is 0.349 e. The molecule has 0 bridgehead atoms. The Morgan fingerprint density at radius 1 is 1.10 bits per heavy atom. The van der Waals surface area contributed by atoms with Crippen LogP contribution in [-0.2, 0) is 0 Å². The van der Waals surface area contributed by atoms with Crippen LogP contribution in [-0.4, -0.2) is 18.2 Å². The molecule has 4 aromatic rings. The number of carbonyl (C=O) groups excluding carboxylic acids is 1. The van der Waals surface area contributed by atoms with Crippen molar-refractivity contribution in [2.24, 2.45) is 0 Å². The highest BCUT2D eigenvalue weighted by Gasteiger charge is 2.26. The summed E-state index contributed by atoms with van der Waals surface area (Å²) in [5.41, 5.74) is -0.0306. The number of methoxy groups -OCH3 is 1. The number of hydrogen-bond acceptors (Lipinski definition) is 7. The molecule has 0 radical (unpaired) electrons. The maximum Gasteiger partial charge on any atom is 0.349 e. The van der Waals surface area contributed by atoms with Crippen LogP contribution < -0.4 is 15.1 Å². The monoisotopic (exact) mass is 395 g/mol. The molecule has 0 fully saturated rings. The van der Waals surface area contributed by atoms with Gasteiger partial charge >= 0.3 is 11.6 Å². The van der Waals surface area contributed by atoms with E-state index in [1.54, 1.807) is 25.1 Å². The third-order valence-electron chi connectivity index (χ3n) is 4.29. The van der Waals surface area contributed by atoms with Crippen molar-refractivity contribution in [1.29, 1.82) is 0 Å². The Morgan fingerprint density at radius 3 is 2.66 bits per heavy atom. The van der Waals surface area contributed by atoms with E-state index >= 15 is 0 Å². The Kier molecular flexibility index (Phi) is 4.59. The molecule has 4 rings (SSSR count). The van der Waals surface area contributed by atoms with Crippen LogP contribution in [0.3, 0.4) is 0 Å². The summed E-state index contributed by atoms with van der Waals surface area (Å²) in [6.45, 7) is 1.54. The van der Waals surface area contributed by atoms with E-state index in [0.29, 0.717) is 5.39 Å². The molecule has 7 nitrogen and oxygen atoms in total. The van der Waals surface area contributed by atoms with Gasteiger partial charge in [-0.2, -0.15) is 0 Å². The summed E-state index contributed by atoms with van der Waals surface area (Å²) in [4.78, 5) is 24.4. The summed E-state index contributed by atoms with van der Waals surface area (Å²) < 4.78 is 35.2. The normalized spacial score (nSPS) is 10.9. The first kappa shape index (κ1) is 18.4. The molecule has 0 N–H and O–H groups in total. The van der Waals surface area contributed by atoms with Gasteiger partial charge in [0, 0.05) is 17.5 Å². The van der Waals surface area contributed by atoms with Gasteiger partial charge in [-0.25, -0.2) is 14.0 Å². The lowest BCUT2D eigenvalue weighted by Crippen LogP contribution is -2.11. The van der Waals surface area contributed by atoms with Crippen molar-refractivity contribution in [3.63, 3.8) is 0 Å². The van der Waals surface area contributed by atoms with E-state index in [9.17, 15) is 14.0 Å². The fourth-order valence-electron chi connectivity index (χ4n) is 2.91. The van der Waals surface area contributed by atoms with Crippen molar-refractivity contribution in [3.05, 3.63) is 76.0 Å². The predicted octanol–water partition coefficient (Wildman–Crippen LogP) is 4.12. The number of nitrogens with zero attached hydrogens (tertiary/aromatic N) is 1. The number of aromatic nitrogens is 1. The van der Waals surface area contributed by atoms with Gasteiger partial charge in [0.15, 0.2) is 17.3 Å². The van der Waals surface area contributed by atoms with Crippen LogP contribution in [0.25, 0.3) is 22.3 Å². The van der Waals surface area contributed by atoms with Crippen LogP contribution in [0.15, 0.2) is 62.3 Å². The minimum atomic E-state index is -0.821. The molecule has 0 aliphatic heterocycles. The van der Waals surface area contributed by atoms with Gasteiger partial charge in [-0.1, -0.05) is 17.3 Å². The fraction of sp³-hybridized carbons (Fsp3) is 0.0952. The van der Waals surface area contributed by atoms with Crippen molar-refractivity contribution in [2.45, 2.75) is 6.92 Å². The lowest BCUT2D eigenvalue weighted by atomic mass is 10.1. The Balaban J connectivity index is 1.77. The van der Waals surface area contributed by atoms with Gasteiger partial charge in [-0.05, 0) is 31.2 Å². The molecule has 2 heterocycles. The van der Waals surface area contributed by atoms with Gasteiger partial charge in [0.1, 0.15) is 17.0 Å². The highest BCUT2D eigenvalue weighted by atomic mass is 19.1. The Labute approximate surface area is 163 Å². The van der Waals surface area contributed by atoms with Gasteiger partial charge in [0.05, 0.1) is 18.4 Å². The van der Waals surface area contributed by atoms with Crippen LogP contribution in [0.4, 0.5) is 4.39 Å². The van der Waals surface area contributed by atoms with E-state index in [0.717, 1.165) is 0 Å². The predicted molar refractivity (Wildman–Crippen MR) is 101 cm³/mol. The third-order valence-corrected chi connectivity index (χ3v) is 4.29. The van der Waals surface area contributed by atoms with Crippen molar-refractivity contribution >= 4 is 16.9 Å². The number of ether oxygens (including phenoxy) is 2. The van der Waals surface area contributed by atoms with Crippen LogP contribution in [0.5, 0.6) is 11.5 Å². The largest absolute Gasteiger partial charge is 0.493 e. The summed E-state index contributed by atoms with van der Waals surface area (Å²) in [5, 5.41) is 4.36. The van der Waals surface area contributed by atoms with Gasteiger partial charge in [-0.3, -0.25) is 0 Å². The standard InChI is InChI=1S/C21H14FNO6/c1-11-19(20(29-23-11)13-5-3-4-6-14(13)22)21(25)28-17-10-15-12(9-16(17)26-2)7-8-18(24)27-15/h3-10H,1-2H3. The molecule has 0 aliphatic carbocycles. The van der Waals surface area contributed by atoms with Crippen molar-refractivity contribution in [3.8, 4) is 22.8 Å². The fourth-order valence-corrected chi connectivity index (χ4v) is 2.91. The van der Waals surface area contributed by atoms with Crippen molar-refractivity contribution < 1.29 is 27.6 Å². The van der Waals surface area contributed by atoms with Crippen LogP contribution in [0, 0.1) is 12.7 Å². The number of rotatable bonds is 4. The highest BCUT2D eigenvalue weighted by Crippen LogP contribution is 2.34. The molecule has 2 aromatic carbocycles. The molecule has 146 valence electrons. The third kappa shape index (κ3) is 3.36. The minimum absolute atomic E-state index is 0.0215. The van der Waals surface area contributed by atoms with Gasteiger partial charge in [0.2, 0.25) is 0 Å². The van der Waals surface area contributed by atoms with E-state index in [2.05, 4.69) is 5.16 Å². The maximum absolute atomic E-state index is 14.2. The van der Waals surface area contributed by atoms with Crippen LogP contribution in [0.2, 0.25) is 0 Å². The molecule has 0 amide bonds. The summed E-state index contributed by atoms with van der Waals surface area (Å²) in [7, 11) is 1.41. The van der Waals surface area contributed by atoms with E-state index < -0.39 is 17.4 Å². The van der Waals surface area contributed by atoms with Gasteiger partial charge in [-0.15, -0.1) is 0 Å². The molecule has 0 atom stereocenters. The maximum atomic E-state index is 14.2. The lowest BCUT2D eigenvalue weighted by Gasteiger charge is -2.10. The number of hydrogen-bond donors (Lipinski definition) is 0. The number of benzene rings is 2. The number of fused-ring (bicyclic) bond motifs is 1. The second kappa shape index (κ2) is 7.23.